The van der Waals surface area contributed by atoms with E-state index in [-0.39, 0.29) is 6.04 Å². The molecule has 1 aromatic heterocycles. The van der Waals surface area contributed by atoms with E-state index in [0.29, 0.717) is 22.5 Å². The largest absolute Gasteiger partial charge is 0.397 e. The van der Waals surface area contributed by atoms with Gasteiger partial charge in [0, 0.05) is 5.56 Å². The van der Waals surface area contributed by atoms with E-state index in [0.717, 1.165) is 5.56 Å². The summed E-state index contributed by atoms with van der Waals surface area (Å²) in [6.45, 7) is 6.32. The Morgan fingerprint density at radius 2 is 2.00 bits per heavy atom. The number of para-hydroxylation sites is 1. The topological polar surface area (TPSA) is 69.6 Å². The van der Waals surface area contributed by atoms with Gasteiger partial charge in [-0.15, -0.1) is 5.10 Å². The number of hydrogen-bond acceptors (Lipinski definition) is 4. The normalized spacial score (nSPS) is 12.9. The van der Waals surface area contributed by atoms with Gasteiger partial charge in [0.05, 0.1) is 16.8 Å². The summed E-state index contributed by atoms with van der Waals surface area (Å²) >= 11 is 6.02. The van der Waals surface area contributed by atoms with Crippen LogP contribution in [0.25, 0.3) is 11.4 Å². The van der Waals surface area contributed by atoms with Crippen molar-refractivity contribution in [3.05, 3.63) is 23.2 Å². The van der Waals surface area contributed by atoms with Crippen LogP contribution in [0.1, 0.15) is 26.8 Å². The van der Waals surface area contributed by atoms with Gasteiger partial charge in [-0.2, -0.15) is 0 Å². The molecule has 0 saturated heterocycles. The lowest BCUT2D eigenvalue weighted by atomic mass is 10.1. The van der Waals surface area contributed by atoms with Gasteiger partial charge in [0.2, 0.25) is 0 Å². The Morgan fingerprint density at radius 3 is 2.67 bits per heavy atom. The molecule has 0 spiro atoms. The van der Waals surface area contributed by atoms with Crippen molar-refractivity contribution < 1.29 is 0 Å². The van der Waals surface area contributed by atoms with Crippen LogP contribution in [-0.2, 0) is 0 Å². The Labute approximate surface area is 111 Å². The van der Waals surface area contributed by atoms with Crippen molar-refractivity contribution in [2.24, 2.45) is 5.92 Å². The quantitative estimate of drug-likeness (QED) is 0.867. The van der Waals surface area contributed by atoms with Gasteiger partial charge >= 0.3 is 0 Å². The van der Waals surface area contributed by atoms with Crippen LogP contribution >= 0.6 is 11.6 Å². The molecular weight excluding hydrogens is 250 g/mol. The minimum Gasteiger partial charge on any atom is -0.397 e. The fourth-order valence-corrected chi connectivity index (χ4v) is 1.83. The minimum atomic E-state index is 0.188. The van der Waals surface area contributed by atoms with Crippen LogP contribution in [0.3, 0.4) is 0 Å². The zero-order valence-corrected chi connectivity index (χ0v) is 11.4. The maximum absolute atomic E-state index is 6.02. The molecule has 2 rings (SSSR count). The number of hydrogen-bond donors (Lipinski definition) is 1. The van der Waals surface area contributed by atoms with Crippen molar-refractivity contribution in [2.45, 2.75) is 26.8 Å². The molecule has 0 fully saturated rings. The van der Waals surface area contributed by atoms with Gasteiger partial charge in [-0.05, 0) is 35.4 Å². The predicted octanol–water partition coefficient (Wildman–Crippen LogP) is 2.79. The lowest BCUT2D eigenvalue weighted by molar-refractivity contribution is 0.371. The van der Waals surface area contributed by atoms with E-state index in [4.69, 9.17) is 17.3 Å². The third kappa shape index (κ3) is 2.18. The Bertz CT molecular complexity index is 549. The van der Waals surface area contributed by atoms with Crippen molar-refractivity contribution in [3.63, 3.8) is 0 Å². The van der Waals surface area contributed by atoms with Gasteiger partial charge in [-0.3, -0.25) is 0 Å². The molecule has 0 amide bonds. The molecule has 2 N–H and O–H groups in total. The highest BCUT2D eigenvalue weighted by atomic mass is 35.5. The van der Waals surface area contributed by atoms with Crippen LogP contribution in [0.4, 0.5) is 5.69 Å². The number of halogens is 1. The Kier molecular flexibility index (Phi) is 3.52. The zero-order chi connectivity index (χ0) is 13.3. The maximum Gasteiger partial charge on any atom is 0.184 e. The molecule has 0 saturated carbocycles. The average Bonchev–Trinajstić information content (AvgIpc) is 2.80. The first-order valence-electron chi connectivity index (χ1n) is 5.84. The van der Waals surface area contributed by atoms with Crippen LogP contribution in [0, 0.1) is 5.92 Å². The number of tetrazole rings is 1. The molecule has 5 nitrogen and oxygen atoms in total. The highest BCUT2D eigenvalue weighted by Gasteiger charge is 2.19. The summed E-state index contributed by atoms with van der Waals surface area (Å²) in [7, 11) is 0. The van der Waals surface area contributed by atoms with E-state index in [1.165, 1.54) is 0 Å². The van der Waals surface area contributed by atoms with Crippen molar-refractivity contribution in [1.29, 1.82) is 0 Å². The van der Waals surface area contributed by atoms with Crippen LogP contribution < -0.4 is 5.73 Å². The third-order valence-electron chi connectivity index (χ3n) is 3.14. The van der Waals surface area contributed by atoms with Crippen LogP contribution in [0.2, 0.25) is 5.02 Å². The van der Waals surface area contributed by atoms with Gasteiger partial charge in [0.15, 0.2) is 5.82 Å². The highest BCUT2D eigenvalue weighted by molar-refractivity contribution is 6.33. The molecule has 96 valence electrons. The molecule has 18 heavy (non-hydrogen) atoms. The number of rotatable bonds is 3. The maximum atomic E-state index is 6.02. The molecule has 0 aliphatic carbocycles. The van der Waals surface area contributed by atoms with Crippen LogP contribution in [0.5, 0.6) is 0 Å². The molecule has 6 heteroatoms. The molecule has 1 atom stereocenters. The predicted molar refractivity (Wildman–Crippen MR) is 72.2 cm³/mol. The van der Waals surface area contributed by atoms with Crippen molar-refractivity contribution >= 4 is 17.3 Å². The number of nitrogens with zero attached hydrogens (tertiary/aromatic N) is 4. The summed E-state index contributed by atoms with van der Waals surface area (Å²) in [4.78, 5) is 0. The lowest BCUT2D eigenvalue weighted by Gasteiger charge is -2.17. The SMILES string of the molecule is CC(C)C(C)n1nnnc1-c1cccc(Cl)c1N. The third-order valence-corrected chi connectivity index (χ3v) is 3.47. The van der Waals surface area contributed by atoms with Gasteiger partial charge in [-0.1, -0.05) is 31.5 Å². The zero-order valence-electron chi connectivity index (χ0n) is 10.6. The summed E-state index contributed by atoms with van der Waals surface area (Å²) in [5.74, 6) is 1.07. The van der Waals surface area contributed by atoms with E-state index >= 15 is 0 Å². The lowest BCUT2D eigenvalue weighted by Crippen LogP contribution is -2.15. The Balaban J connectivity index is 2.52. The number of benzene rings is 1. The molecule has 0 aliphatic rings. The summed E-state index contributed by atoms with van der Waals surface area (Å²) < 4.78 is 1.78. The summed E-state index contributed by atoms with van der Waals surface area (Å²) in [5, 5.41) is 12.3. The molecule has 0 aliphatic heterocycles. The molecule has 2 aromatic rings. The molecule has 0 radical (unpaired) electrons. The second kappa shape index (κ2) is 4.94. The highest BCUT2D eigenvalue weighted by Crippen LogP contribution is 2.31. The smallest absolute Gasteiger partial charge is 0.184 e. The van der Waals surface area contributed by atoms with Crippen molar-refractivity contribution in [2.75, 3.05) is 5.73 Å². The van der Waals surface area contributed by atoms with Gasteiger partial charge in [0.1, 0.15) is 0 Å². The first-order chi connectivity index (χ1) is 8.52. The molecule has 0 bridgehead atoms. The molecule has 1 aromatic carbocycles. The molecular formula is C12H16ClN5. The second-order valence-corrected chi connectivity index (χ2v) is 5.04. The monoisotopic (exact) mass is 265 g/mol. The van der Waals surface area contributed by atoms with Crippen LogP contribution in [0.15, 0.2) is 18.2 Å². The van der Waals surface area contributed by atoms with E-state index in [1.807, 2.05) is 12.1 Å². The fourth-order valence-electron chi connectivity index (χ4n) is 1.66. The van der Waals surface area contributed by atoms with E-state index in [1.54, 1.807) is 10.7 Å². The standard InChI is InChI=1S/C12H16ClN5/c1-7(2)8(3)18-12(15-16-17-18)9-5-4-6-10(13)11(9)14/h4-8H,14H2,1-3H3. The number of anilines is 1. The van der Waals surface area contributed by atoms with Gasteiger partial charge in [-0.25, -0.2) is 4.68 Å². The van der Waals surface area contributed by atoms with Crippen molar-refractivity contribution in [1.82, 2.24) is 20.2 Å². The summed E-state index contributed by atoms with van der Waals surface area (Å²) in [6.07, 6.45) is 0. The first kappa shape index (κ1) is 12.8. The van der Waals surface area contributed by atoms with E-state index in [9.17, 15) is 0 Å². The van der Waals surface area contributed by atoms with Crippen LogP contribution in [-0.4, -0.2) is 20.2 Å². The number of nitrogens with two attached hydrogens (primary N) is 1. The molecule has 1 heterocycles. The van der Waals surface area contributed by atoms with E-state index < -0.39 is 0 Å². The minimum absolute atomic E-state index is 0.188. The average molecular weight is 266 g/mol. The van der Waals surface area contributed by atoms with Crippen molar-refractivity contribution in [3.8, 4) is 11.4 Å². The van der Waals surface area contributed by atoms with Gasteiger partial charge < -0.3 is 5.73 Å². The number of aromatic nitrogens is 4. The fraction of sp³-hybridized carbons (Fsp3) is 0.417. The number of nitrogen functional groups attached to an aromatic ring is 1. The van der Waals surface area contributed by atoms with Gasteiger partial charge in [0.25, 0.3) is 0 Å². The summed E-state index contributed by atoms with van der Waals surface area (Å²) in [6, 6.07) is 5.65. The van der Waals surface area contributed by atoms with E-state index in [2.05, 4.69) is 36.3 Å². The molecule has 1 unspecified atom stereocenters. The first-order valence-corrected chi connectivity index (χ1v) is 6.22. The Hall–Kier alpha value is -1.62. The summed E-state index contributed by atoms with van der Waals surface area (Å²) in [5.41, 5.74) is 7.25. The second-order valence-electron chi connectivity index (χ2n) is 4.63. The Morgan fingerprint density at radius 1 is 1.28 bits per heavy atom.